The van der Waals surface area contributed by atoms with Gasteiger partial charge in [0.2, 0.25) is 0 Å². The summed E-state index contributed by atoms with van der Waals surface area (Å²) in [6.07, 6.45) is 2.22. The highest BCUT2D eigenvalue weighted by Crippen LogP contribution is 2.41. The number of aromatic nitrogens is 4. The van der Waals surface area contributed by atoms with E-state index < -0.39 is 5.97 Å². The monoisotopic (exact) mass is 304 g/mol. The largest absolute Gasteiger partial charge is 0.481 e. The molecular formula is C14H16N4O2S. The van der Waals surface area contributed by atoms with E-state index in [9.17, 15) is 4.79 Å². The molecule has 1 N–H and O–H groups in total. The van der Waals surface area contributed by atoms with Gasteiger partial charge in [0.05, 0.1) is 17.1 Å². The van der Waals surface area contributed by atoms with Crippen LogP contribution in [0.4, 0.5) is 0 Å². The van der Waals surface area contributed by atoms with Gasteiger partial charge < -0.3 is 5.11 Å². The number of thioether (sulfide) groups is 1. The van der Waals surface area contributed by atoms with Crippen molar-refractivity contribution in [3.63, 3.8) is 0 Å². The Morgan fingerprint density at radius 1 is 1.38 bits per heavy atom. The molecule has 0 radical (unpaired) electrons. The Labute approximate surface area is 126 Å². The zero-order chi connectivity index (χ0) is 15.0. The molecule has 0 unspecified atom stereocenters. The summed E-state index contributed by atoms with van der Waals surface area (Å²) < 4.78 is 1.97. The summed E-state index contributed by atoms with van der Waals surface area (Å²) in [6.45, 7) is 3.90. The van der Waals surface area contributed by atoms with Gasteiger partial charge in [-0.2, -0.15) is 0 Å². The fourth-order valence-electron chi connectivity index (χ4n) is 2.25. The minimum atomic E-state index is -0.860. The van der Waals surface area contributed by atoms with Crippen LogP contribution in [0.3, 0.4) is 0 Å². The second-order valence-corrected chi connectivity index (χ2v) is 6.13. The number of nitrogens with zero attached hydrogens (tertiary/aromatic N) is 4. The van der Waals surface area contributed by atoms with Crippen molar-refractivity contribution < 1.29 is 9.90 Å². The highest BCUT2D eigenvalue weighted by Gasteiger charge is 2.31. The zero-order valence-electron chi connectivity index (χ0n) is 11.9. The van der Waals surface area contributed by atoms with E-state index in [1.54, 1.807) is 0 Å². The first-order chi connectivity index (χ1) is 10.1. The van der Waals surface area contributed by atoms with E-state index in [0.29, 0.717) is 11.1 Å². The summed E-state index contributed by atoms with van der Waals surface area (Å²) >= 11 is 1.19. The predicted octanol–water partition coefficient (Wildman–Crippen LogP) is 2.33. The second-order valence-electron chi connectivity index (χ2n) is 5.19. The van der Waals surface area contributed by atoms with Crippen LogP contribution in [0.2, 0.25) is 0 Å². The molecule has 2 aromatic rings. The van der Waals surface area contributed by atoms with Crippen molar-refractivity contribution in [2.45, 2.75) is 37.8 Å². The quantitative estimate of drug-likeness (QED) is 0.854. The molecule has 0 atom stereocenters. The summed E-state index contributed by atoms with van der Waals surface area (Å²) in [5, 5.41) is 17.9. The lowest BCUT2D eigenvalue weighted by Crippen LogP contribution is -2.07. The molecule has 1 saturated carbocycles. The highest BCUT2D eigenvalue weighted by molar-refractivity contribution is 7.99. The molecule has 6 nitrogen and oxygen atoms in total. The lowest BCUT2D eigenvalue weighted by molar-refractivity contribution is -0.133. The van der Waals surface area contributed by atoms with E-state index in [1.807, 2.05) is 30.5 Å². The van der Waals surface area contributed by atoms with Crippen LogP contribution in [-0.4, -0.2) is 36.6 Å². The van der Waals surface area contributed by atoms with Crippen molar-refractivity contribution in [2.75, 3.05) is 5.75 Å². The van der Waals surface area contributed by atoms with E-state index in [1.165, 1.54) is 11.8 Å². The normalized spacial score (nSPS) is 14.4. The first kappa shape index (κ1) is 14.1. The van der Waals surface area contributed by atoms with Gasteiger partial charge in [0.15, 0.2) is 5.16 Å². The van der Waals surface area contributed by atoms with E-state index in [-0.39, 0.29) is 5.75 Å². The number of aliphatic carboxylic acids is 1. The lowest BCUT2D eigenvalue weighted by Gasteiger charge is -2.12. The molecule has 1 aliphatic rings. The van der Waals surface area contributed by atoms with Gasteiger partial charge in [-0.25, -0.2) is 0 Å². The van der Waals surface area contributed by atoms with Crippen LogP contribution in [0.25, 0.3) is 5.69 Å². The Morgan fingerprint density at radius 2 is 2.14 bits per heavy atom. The van der Waals surface area contributed by atoms with Crippen LogP contribution in [-0.2, 0) is 4.79 Å². The molecule has 3 rings (SSSR count). The van der Waals surface area contributed by atoms with E-state index in [0.717, 1.165) is 35.7 Å². The molecule has 2 heterocycles. The number of carboxylic acids is 1. The van der Waals surface area contributed by atoms with Gasteiger partial charge in [0, 0.05) is 11.6 Å². The van der Waals surface area contributed by atoms with Crippen LogP contribution in [0.15, 0.2) is 17.3 Å². The Hall–Kier alpha value is -1.89. The average Bonchev–Trinajstić information content (AvgIpc) is 3.18. The molecule has 1 aliphatic carbocycles. The number of hydrogen-bond acceptors (Lipinski definition) is 5. The Kier molecular flexibility index (Phi) is 3.67. The Morgan fingerprint density at radius 3 is 2.76 bits per heavy atom. The highest BCUT2D eigenvalue weighted by atomic mass is 32.2. The third kappa shape index (κ3) is 2.92. The average molecular weight is 304 g/mol. The lowest BCUT2D eigenvalue weighted by atomic mass is 10.2. The van der Waals surface area contributed by atoms with Crippen LogP contribution < -0.4 is 0 Å². The summed E-state index contributed by atoms with van der Waals surface area (Å²) in [7, 11) is 0. The van der Waals surface area contributed by atoms with Crippen LogP contribution >= 0.6 is 11.8 Å². The molecule has 110 valence electrons. The van der Waals surface area contributed by atoms with Gasteiger partial charge in [-0.3, -0.25) is 14.3 Å². The van der Waals surface area contributed by atoms with Gasteiger partial charge >= 0.3 is 5.97 Å². The fraction of sp³-hybridized carbons (Fsp3) is 0.429. The molecule has 0 amide bonds. The predicted molar refractivity (Wildman–Crippen MR) is 79.0 cm³/mol. The molecule has 0 bridgehead atoms. The minimum absolute atomic E-state index is 0.0266. The summed E-state index contributed by atoms with van der Waals surface area (Å²) in [4.78, 5) is 15.3. The molecule has 0 aliphatic heterocycles. The molecule has 1 fully saturated rings. The first-order valence-corrected chi connectivity index (χ1v) is 7.79. The maximum atomic E-state index is 10.8. The van der Waals surface area contributed by atoms with Crippen molar-refractivity contribution in [1.82, 2.24) is 19.7 Å². The van der Waals surface area contributed by atoms with E-state index in [4.69, 9.17) is 5.11 Å². The maximum Gasteiger partial charge on any atom is 0.313 e. The molecule has 0 saturated heterocycles. The second kappa shape index (κ2) is 5.48. The van der Waals surface area contributed by atoms with Crippen LogP contribution in [0.5, 0.6) is 0 Å². The van der Waals surface area contributed by atoms with E-state index in [2.05, 4.69) is 15.2 Å². The standard InChI is InChI=1S/C14H16N4O2S/c1-8-3-6-11(9(2)15-8)18-13(10-4-5-10)16-17-14(18)21-7-12(19)20/h3,6,10H,4-5,7H2,1-2H3,(H,19,20). The van der Waals surface area contributed by atoms with Crippen LogP contribution in [0.1, 0.15) is 36.0 Å². The van der Waals surface area contributed by atoms with Gasteiger partial charge in [0.25, 0.3) is 0 Å². The number of carboxylic acid groups (broad SMARTS) is 1. The van der Waals surface area contributed by atoms with Crippen molar-refractivity contribution >= 4 is 17.7 Å². The summed E-state index contributed by atoms with van der Waals surface area (Å²) in [6, 6.07) is 3.95. The number of rotatable bonds is 5. The third-order valence-corrected chi connectivity index (χ3v) is 4.28. The summed E-state index contributed by atoms with van der Waals surface area (Å²) in [5.74, 6) is 0.455. The van der Waals surface area contributed by atoms with Gasteiger partial charge in [0.1, 0.15) is 5.82 Å². The molecule has 0 aromatic carbocycles. The summed E-state index contributed by atoms with van der Waals surface area (Å²) in [5.41, 5.74) is 2.78. The fourth-order valence-corrected chi connectivity index (χ4v) is 2.92. The van der Waals surface area contributed by atoms with E-state index >= 15 is 0 Å². The van der Waals surface area contributed by atoms with Crippen molar-refractivity contribution in [3.05, 3.63) is 29.3 Å². The molecule has 2 aromatic heterocycles. The number of aryl methyl sites for hydroxylation is 2. The van der Waals surface area contributed by atoms with Crippen molar-refractivity contribution in [1.29, 1.82) is 0 Å². The number of carbonyl (C=O) groups is 1. The molecule has 0 spiro atoms. The number of pyridine rings is 1. The van der Waals surface area contributed by atoms with Gasteiger partial charge in [-0.1, -0.05) is 11.8 Å². The van der Waals surface area contributed by atoms with Crippen molar-refractivity contribution in [2.24, 2.45) is 0 Å². The smallest absolute Gasteiger partial charge is 0.313 e. The molecular weight excluding hydrogens is 288 g/mol. The van der Waals surface area contributed by atoms with Crippen molar-refractivity contribution in [3.8, 4) is 5.69 Å². The molecule has 21 heavy (non-hydrogen) atoms. The van der Waals surface area contributed by atoms with Crippen LogP contribution in [0, 0.1) is 13.8 Å². The number of hydrogen-bond donors (Lipinski definition) is 1. The first-order valence-electron chi connectivity index (χ1n) is 6.81. The van der Waals surface area contributed by atoms with Gasteiger partial charge in [-0.05, 0) is 38.8 Å². The zero-order valence-corrected chi connectivity index (χ0v) is 12.7. The Bertz CT molecular complexity index is 694. The minimum Gasteiger partial charge on any atom is -0.481 e. The third-order valence-electron chi connectivity index (χ3n) is 3.36. The maximum absolute atomic E-state index is 10.8. The van der Waals surface area contributed by atoms with Gasteiger partial charge in [-0.15, -0.1) is 10.2 Å². The molecule has 7 heteroatoms. The Balaban J connectivity index is 2.05. The SMILES string of the molecule is Cc1ccc(-n2c(SCC(=O)O)nnc2C2CC2)c(C)n1. The topological polar surface area (TPSA) is 80.9 Å².